The van der Waals surface area contributed by atoms with Crippen LogP contribution in [0.3, 0.4) is 0 Å². The summed E-state index contributed by atoms with van der Waals surface area (Å²) in [7, 11) is -2.52. The number of hydrogen-bond acceptors (Lipinski definition) is 7. The van der Waals surface area contributed by atoms with Crippen molar-refractivity contribution in [1.82, 2.24) is 9.21 Å². The normalized spacial score (nSPS) is 19.7. The number of carbonyl (C=O) groups is 2. The number of aliphatic hydroxyl groups excluding tert-OH is 1. The Hall–Kier alpha value is -4.56. The van der Waals surface area contributed by atoms with E-state index in [0.29, 0.717) is 36.6 Å². The average molecular weight is 735 g/mol. The highest BCUT2D eigenvalue weighted by Gasteiger charge is 2.32. The second kappa shape index (κ2) is 17.3. The molecule has 4 aromatic rings. The Morgan fingerprint density at radius 1 is 1.02 bits per heavy atom. The first kappa shape index (κ1) is 38.7. The Labute approximate surface area is 304 Å². The zero-order chi connectivity index (χ0) is 37.4. The molecule has 0 spiro atoms. The molecule has 0 saturated carbocycles. The van der Waals surface area contributed by atoms with Gasteiger partial charge in [0.2, 0.25) is 10.0 Å². The largest absolute Gasteiger partial charge is 0.490 e. The zero-order valence-electron chi connectivity index (χ0n) is 29.9. The van der Waals surface area contributed by atoms with E-state index >= 15 is 0 Å². The maximum atomic E-state index is 14.5. The Kier molecular flexibility index (Phi) is 12.9. The smallest absolute Gasteiger partial charge is 0.323 e. The molecule has 4 atom stereocenters. The monoisotopic (exact) mass is 734 g/mol. The van der Waals surface area contributed by atoms with Crippen LogP contribution in [-0.4, -0.2) is 86.3 Å². The van der Waals surface area contributed by atoms with Crippen LogP contribution in [0.5, 0.6) is 5.75 Å². The number of benzene rings is 4. The van der Waals surface area contributed by atoms with Gasteiger partial charge in [-0.15, -0.1) is 0 Å². The first-order chi connectivity index (χ1) is 24.9. The second-order valence-electron chi connectivity index (χ2n) is 13.4. The summed E-state index contributed by atoms with van der Waals surface area (Å²) in [6.07, 6.45) is 1.25. The van der Waals surface area contributed by atoms with E-state index in [9.17, 15) is 27.5 Å². The fraction of sp³-hybridized carbons (Fsp3) is 0.385. The summed E-state index contributed by atoms with van der Waals surface area (Å²) in [5.74, 6) is -1.02. The average Bonchev–Trinajstić information content (AvgIpc) is 3.13. The van der Waals surface area contributed by atoms with Gasteiger partial charge in [-0.05, 0) is 87.0 Å². The number of ether oxygens (including phenoxy) is 2. The molecule has 5 rings (SSSR count). The van der Waals surface area contributed by atoms with Crippen LogP contribution in [0.4, 0.5) is 20.6 Å². The van der Waals surface area contributed by atoms with Crippen molar-refractivity contribution in [3.63, 3.8) is 0 Å². The fourth-order valence-electron chi connectivity index (χ4n) is 6.22. The topological polar surface area (TPSA) is 138 Å². The summed E-state index contributed by atoms with van der Waals surface area (Å²) in [5.41, 5.74) is 1.19. The lowest BCUT2D eigenvalue weighted by atomic mass is 10.0. The molecule has 0 saturated heterocycles. The van der Waals surface area contributed by atoms with Crippen molar-refractivity contribution in [3.05, 3.63) is 96.3 Å². The van der Waals surface area contributed by atoms with Crippen LogP contribution in [0.2, 0.25) is 0 Å². The predicted molar refractivity (Wildman–Crippen MR) is 200 cm³/mol. The zero-order valence-corrected chi connectivity index (χ0v) is 30.7. The van der Waals surface area contributed by atoms with Crippen LogP contribution in [0.25, 0.3) is 10.8 Å². The van der Waals surface area contributed by atoms with Crippen molar-refractivity contribution >= 4 is 44.1 Å². The van der Waals surface area contributed by atoms with Gasteiger partial charge < -0.3 is 30.1 Å². The van der Waals surface area contributed by atoms with Gasteiger partial charge in [0.15, 0.2) is 0 Å². The van der Waals surface area contributed by atoms with Crippen LogP contribution < -0.4 is 15.4 Å². The van der Waals surface area contributed by atoms with Crippen LogP contribution >= 0.6 is 0 Å². The van der Waals surface area contributed by atoms with Gasteiger partial charge in [-0.25, -0.2) is 17.6 Å². The minimum atomic E-state index is -3.97. The van der Waals surface area contributed by atoms with Gasteiger partial charge in [0, 0.05) is 43.7 Å². The van der Waals surface area contributed by atoms with Crippen LogP contribution in [0, 0.1) is 11.7 Å². The number of likely N-dealkylation sites (N-methyl/N-ethyl adjacent to an activating group) is 1. The van der Waals surface area contributed by atoms with Gasteiger partial charge in [0.1, 0.15) is 11.6 Å². The molecule has 1 heterocycles. The number of halogens is 1. The Morgan fingerprint density at radius 2 is 1.75 bits per heavy atom. The Balaban J connectivity index is 1.41. The molecule has 3 N–H and O–H groups in total. The second-order valence-corrected chi connectivity index (χ2v) is 15.4. The van der Waals surface area contributed by atoms with Crippen molar-refractivity contribution < 1.29 is 37.0 Å². The van der Waals surface area contributed by atoms with Crippen molar-refractivity contribution in [2.75, 3.05) is 44.0 Å². The molecule has 1 aliphatic rings. The lowest BCUT2D eigenvalue weighted by Gasteiger charge is -2.35. The minimum Gasteiger partial charge on any atom is -0.490 e. The third kappa shape index (κ3) is 9.45. The molecule has 1 aliphatic heterocycles. The Morgan fingerprint density at radius 3 is 2.50 bits per heavy atom. The summed E-state index contributed by atoms with van der Waals surface area (Å²) >= 11 is 0. The molecule has 0 radical (unpaired) electrons. The van der Waals surface area contributed by atoms with E-state index in [1.165, 1.54) is 28.4 Å². The quantitative estimate of drug-likeness (QED) is 0.182. The van der Waals surface area contributed by atoms with Gasteiger partial charge >= 0.3 is 6.03 Å². The molecule has 0 aliphatic carbocycles. The lowest BCUT2D eigenvalue weighted by molar-refractivity contribution is -0.00834. The summed E-state index contributed by atoms with van der Waals surface area (Å²) in [6.45, 7) is 5.63. The molecule has 11 nitrogen and oxygen atoms in total. The molecule has 0 aromatic heterocycles. The van der Waals surface area contributed by atoms with Gasteiger partial charge in [0.05, 0.1) is 41.0 Å². The summed E-state index contributed by atoms with van der Waals surface area (Å²) < 4.78 is 54.1. The number of rotatable bonds is 8. The molecular formula is C39H47FN4O7S. The molecule has 3 amide bonds. The molecule has 4 aromatic carbocycles. The highest BCUT2D eigenvalue weighted by Crippen LogP contribution is 2.30. The highest BCUT2D eigenvalue weighted by molar-refractivity contribution is 7.89. The molecule has 278 valence electrons. The molecule has 13 heteroatoms. The first-order valence-corrected chi connectivity index (χ1v) is 18.9. The third-order valence-electron chi connectivity index (χ3n) is 9.31. The number of nitrogens with one attached hydrogen (secondary N) is 2. The van der Waals surface area contributed by atoms with Gasteiger partial charge in [-0.1, -0.05) is 43.3 Å². The van der Waals surface area contributed by atoms with Crippen molar-refractivity contribution in [1.29, 1.82) is 0 Å². The van der Waals surface area contributed by atoms with E-state index in [-0.39, 0.29) is 42.2 Å². The van der Waals surface area contributed by atoms with Crippen molar-refractivity contribution in [3.8, 4) is 5.75 Å². The van der Waals surface area contributed by atoms with E-state index < -0.39 is 39.9 Å². The number of amides is 3. The number of carbonyl (C=O) groups excluding carboxylic acids is 2. The first-order valence-electron chi connectivity index (χ1n) is 17.5. The predicted octanol–water partition coefficient (Wildman–Crippen LogP) is 6.74. The maximum absolute atomic E-state index is 14.5. The minimum absolute atomic E-state index is 0.0214. The van der Waals surface area contributed by atoms with Crippen molar-refractivity contribution in [2.24, 2.45) is 5.92 Å². The number of hydrogen-bond donors (Lipinski definition) is 3. The number of urea groups is 1. The molecular weight excluding hydrogens is 688 g/mol. The maximum Gasteiger partial charge on any atom is 0.323 e. The number of nitrogens with zero attached hydrogens (tertiary/aromatic N) is 2. The standard InChI is InChI=1S/C39H47FN4O7S/c1-26-23-44(27(2)25-45)38(46)34-22-31(41-39(47)42-35-14-9-12-29-11-5-6-13-33(29)35)17-20-36(34)51-28(3)10-7-8-21-50-37(26)24-43(4)52(48,49)32-18-15-30(40)16-19-32/h5-6,9,11-20,22,26-28,37,45H,7-8,10,21,23-25H2,1-4H3,(H2,41,42,47)/t26-,27-,28-,37-/m0/s1. The van der Waals surface area contributed by atoms with Crippen LogP contribution in [-0.2, 0) is 14.8 Å². The van der Waals surface area contributed by atoms with E-state index in [2.05, 4.69) is 10.6 Å². The fourth-order valence-corrected chi connectivity index (χ4v) is 7.40. The molecule has 0 fully saturated rings. The number of sulfonamides is 1. The van der Waals surface area contributed by atoms with Gasteiger partial charge in [-0.2, -0.15) is 4.31 Å². The van der Waals surface area contributed by atoms with E-state index in [0.717, 1.165) is 29.3 Å². The number of fused-ring (bicyclic) bond motifs is 2. The SMILES string of the molecule is C[C@H]1CCCCO[C@@H](CN(C)S(=O)(=O)c2ccc(F)cc2)[C@@H](C)CN([C@@H](C)CO)C(=O)c2cc(NC(=O)Nc3cccc4ccccc34)ccc2O1. The number of aliphatic hydroxyl groups is 1. The summed E-state index contributed by atoms with van der Waals surface area (Å²) in [6, 6.07) is 21.8. The van der Waals surface area contributed by atoms with E-state index in [1.54, 1.807) is 25.1 Å². The third-order valence-corrected chi connectivity index (χ3v) is 11.1. The highest BCUT2D eigenvalue weighted by atomic mass is 32.2. The van der Waals surface area contributed by atoms with E-state index in [1.807, 2.05) is 56.3 Å². The lowest BCUT2D eigenvalue weighted by Crippen LogP contribution is -2.48. The number of anilines is 2. The van der Waals surface area contributed by atoms with Gasteiger partial charge in [-0.3, -0.25) is 4.79 Å². The summed E-state index contributed by atoms with van der Waals surface area (Å²) in [4.78, 5) is 29.1. The van der Waals surface area contributed by atoms with Gasteiger partial charge in [0.25, 0.3) is 5.91 Å². The van der Waals surface area contributed by atoms with E-state index in [4.69, 9.17) is 9.47 Å². The molecule has 0 bridgehead atoms. The summed E-state index contributed by atoms with van der Waals surface area (Å²) in [5, 5.41) is 17.9. The molecule has 52 heavy (non-hydrogen) atoms. The van der Waals surface area contributed by atoms with Crippen LogP contribution in [0.1, 0.15) is 50.4 Å². The van der Waals surface area contributed by atoms with Crippen LogP contribution in [0.15, 0.2) is 89.8 Å². The van der Waals surface area contributed by atoms with Crippen molar-refractivity contribution in [2.45, 2.75) is 63.2 Å². The molecule has 0 unspecified atom stereocenters. The Bertz CT molecular complexity index is 1950.